The van der Waals surface area contributed by atoms with Gasteiger partial charge in [0.25, 0.3) is 0 Å². The van der Waals surface area contributed by atoms with Gasteiger partial charge in [0.1, 0.15) is 6.04 Å². The molecule has 0 fully saturated rings. The monoisotopic (exact) mass is 290 g/mol. The number of carbonyl (C=O) groups is 2. The molecule has 5 heteroatoms. The van der Waals surface area contributed by atoms with Crippen LogP contribution >= 0.6 is 0 Å². The quantitative estimate of drug-likeness (QED) is 0.863. The number of aryl methyl sites for hydroxylation is 1. The van der Waals surface area contributed by atoms with E-state index in [0.717, 1.165) is 16.8 Å². The number of benzene rings is 1. The van der Waals surface area contributed by atoms with Gasteiger partial charge in [-0.05, 0) is 31.4 Å². The van der Waals surface area contributed by atoms with E-state index in [-0.39, 0.29) is 23.7 Å². The van der Waals surface area contributed by atoms with Crippen molar-refractivity contribution >= 4 is 17.6 Å². The first kappa shape index (κ1) is 15.5. The van der Waals surface area contributed by atoms with Crippen molar-refractivity contribution < 1.29 is 14.3 Å². The second-order valence-electron chi connectivity index (χ2n) is 5.83. The lowest BCUT2D eigenvalue weighted by Crippen LogP contribution is -2.53. The van der Waals surface area contributed by atoms with Crippen molar-refractivity contribution in [3.05, 3.63) is 29.3 Å². The minimum Gasteiger partial charge on any atom is -0.468 e. The lowest BCUT2D eigenvalue weighted by atomic mass is 10.0. The second-order valence-corrected chi connectivity index (χ2v) is 5.83. The normalized spacial score (nSPS) is 18.9. The van der Waals surface area contributed by atoms with E-state index in [0.29, 0.717) is 0 Å². The third-order valence-corrected chi connectivity index (χ3v) is 3.87. The first-order chi connectivity index (χ1) is 9.86. The van der Waals surface area contributed by atoms with Gasteiger partial charge in [0, 0.05) is 0 Å². The molecule has 1 aliphatic heterocycles. The van der Waals surface area contributed by atoms with E-state index in [1.165, 1.54) is 12.1 Å². The smallest absolute Gasteiger partial charge is 0.324 e. The molecule has 0 saturated heterocycles. The average molecular weight is 290 g/mol. The molecule has 0 bridgehead atoms. The summed E-state index contributed by atoms with van der Waals surface area (Å²) in [5.41, 5.74) is 5.94. The van der Waals surface area contributed by atoms with Crippen LogP contribution in [0.3, 0.4) is 0 Å². The zero-order valence-electron chi connectivity index (χ0n) is 13.1. The van der Waals surface area contributed by atoms with Gasteiger partial charge in [-0.1, -0.05) is 31.5 Å². The number of amides is 1. The minimum atomic E-state index is -0.557. The number of nitrogens with one attached hydrogen (secondary N) is 1. The van der Waals surface area contributed by atoms with Crippen LogP contribution in [-0.4, -0.2) is 25.0 Å². The van der Waals surface area contributed by atoms with Gasteiger partial charge < -0.3 is 4.74 Å². The molecule has 114 valence electrons. The van der Waals surface area contributed by atoms with E-state index in [4.69, 9.17) is 4.74 Å². The lowest BCUT2D eigenvalue weighted by Gasteiger charge is -2.27. The minimum absolute atomic E-state index is 0.00931. The maximum absolute atomic E-state index is 12.5. The molecule has 1 N–H and O–H groups in total. The fourth-order valence-corrected chi connectivity index (χ4v) is 2.54. The summed E-state index contributed by atoms with van der Waals surface area (Å²) in [7, 11) is 1.35. The van der Waals surface area contributed by atoms with Crippen molar-refractivity contribution in [1.82, 2.24) is 5.43 Å². The molecule has 0 radical (unpaired) electrons. The Labute approximate surface area is 125 Å². The Hall–Kier alpha value is -1.88. The highest BCUT2D eigenvalue weighted by Crippen LogP contribution is 2.36. The predicted octanol–water partition coefficient (Wildman–Crippen LogP) is 2.15. The highest BCUT2D eigenvalue weighted by molar-refractivity contribution is 6.04. The van der Waals surface area contributed by atoms with Crippen molar-refractivity contribution in [2.75, 3.05) is 12.1 Å². The van der Waals surface area contributed by atoms with Gasteiger partial charge in [0.2, 0.25) is 5.91 Å². The number of hydrogen-bond donors (Lipinski definition) is 1. The van der Waals surface area contributed by atoms with Crippen LogP contribution in [0.15, 0.2) is 18.2 Å². The molecule has 0 aliphatic carbocycles. The number of hydrogen-bond acceptors (Lipinski definition) is 4. The van der Waals surface area contributed by atoms with Crippen LogP contribution in [-0.2, 0) is 14.3 Å². The Morgan fingerprint density at radius 3 is 2.62 bits per heavy atom. The second kappa shape index (κ2) is 5.85. The topological polar surface area (TPSA) is 58.6 Å². The molecule has 1 aliphatic rings. The maximum Gasteiger partial charge on any atom is 0.324 e. The summed E-state index contributed by atoms with van der Waals surface area (Å²) in [6, 6.07) is 5.33. The number of rotatable bonds is 4. The summed E-state index contributed by atoms with van der Waals surface area (Å²) in [6.07, 6.45) is 0. The largest absolute Gasteiger partial charge is 0.468 e. The number of esters is 1. The molecule has 21 heavy (non-hydrogen) atoms. The fraction of sp³-hybridized carbons (Fsp3) is 0.500. The molecule has 5 nitrogen and oxygen atoms in total. The molecule has 2 rings (SSSR count). The van der Waals surface area contributed by atoms with E-state index in [2.05, 4.69) is 5.43 Å². The van der Waals surface area contributed by atoms with Crippen molar-refractivity contribution in [3.8, 4) is 0 Å². The molecular weight excluding hydrogens is 268 g/mol. The first-order valence-corrected chi connectivity index (χ1v) is 7.15. The molecule has 1 aromatic carbocycles. The highest BCUT2D eigenvalue weighted by Gasteiger charge is 2.37. The van der Waals surface area contributed by atoms with Crippen LogP contribution in [0.25, 0.3) is 0 Å². The summed E-state index contributed by atoms with van der Waals surface area (Å²) in [6.45, 7) is 7.70. The Balaban J connectivity index is 2.33. The van der Waals surface area contributed by atoms with Gasteiger partial charge in [-0.25, -0.2) is 10.4 Å². The van der Waals surface area contributed by atoms with Gasteiger partial charge in [-0.2, -0.15) is 0 Å². The molecule has 0 saturated carbocycles. The Morgan fingerprint density at radius 1 is 1.38 bits per heavy atom. The van der Waals surface area contributed by atoms with E-state index in [9.17, 15) is 9.59 Å². The Bertz CT molecular complexity index is 569. The predicted molar refractivity (Wildman–Crippen MR) is 80.9 cm³/mol. The molecule has 1 aromatic rings. The highest BCUT2D eigenvalue weighted by atomic mass is 16.5. The fourth-order valence-electron chi connectivity index (χ4n) is 2.54. The van der Waals surface area contributed by atoms with Crippen LogP contribution in [0.2, 0.25) is 0 Å². The number of hydrazine groups is 1. The number of anilines is 1. The summed E-state index contributed by atoms with van der Waals surface area (Å²) >= 11 is 0. The van der Waals surface area contributed by atoms with Crippen molar-refractivity contribution in [1.29, 1.82) is 0 Å². The van der Waals surface area contributed by atoms with Crippen molar-refractivity contribution in [2.45, 2.75) is 39.7 Å². The summed E-state index contributed by atoms with van der Waals surface area (Å²) in [4.78, 5) is 24.3. The number of ether oxygens (including phenoxy) is 1. The zero-order chi connectivity index (χ0) is 15.7. The first-order valence-electron chi connectivity index (χ1n) is 7.15. The van der Waals surface area contributed by atoms with Gasteiger partial charge in [0.05, 0.1) is 18.7 Å². The van der Waals surface area contributed by atoms with Crippen LogP contribution in [0.5, 0.6) is 0 Å². The van der Waals surface area contributed by atoms with Crippen molar-refractivity contribution in [3.63, 3.8) is 0 Å². The van der Waals surface area contributed by atoms with Gasteiger partial charge in [-0.15, -0.1) is 0 Å². The summed E-state index contributed by atoms with van der Waals surface area (Å²) < 4.78 is 4.81. The standard InChI is InChI=1S/C16H22N2O3/c1-9(2)14(16(20)21-5)17-18-13-7-6-10(3)8-12(13)11(4)15(18)19/h6-9,11,14,17H,1-5H3/t11-,14+/m1/s1. The molecule has 1 amide bonds. The summed E-state index contributed by atoms with van der Waals surface area (Å²) in [5, 5.41) is 1.49. The van der Waals surface area contributed by atoms with Crippen LogP contribution < -0.4 is 10.4 Å². The third kappa shape index (κ3) is 2.78. The SMILES string of the molecule is COC(=O)[C@@H](NN1C(=O)[C@H](C)c2cc(C)ccc21)C(C)C. The third-order valence-electron chi connectivity index (χ3n) is 3.87. The average Bonchev–Trinajstić information content (AvgIpc) is 2.67. The molecule has 0 aromatic heterocycles. The molecule has 0 unspecified atom stereocenters. The van der Waals surface area contributed by atoms with Gasteiger partial charge >= 0.3 is 5.97 Å². The van der Waals surface area contributed by atoms with Gasteiger partial charge in [0.15, 0.2) is 0 Å². The van der Waals surface area contributed by atoms with E-state index < -0.39 is 6.04 Å². The summed E-state index contributed by atoms with van der Waals surface area (Å²) in [5.74, 6) is -0.621. The number of fused-ring (bicyclic) bond motifs is 1. The van der Waals surface area contributed by atoms with Crippen LogP contribution in [0.4, 0.5) is 5.69 Å². The lowest BCUT2D eigenvalue weighted by molar-refractivity contribution is -0.144. The number of nitrogens with zero attached hydrogens (tertiary/aromatic N) is 1. The Morgan fingerprint density at radius 2 is 2.05 bits per heavy atom. The van der Waals surface area contributed by atoms with E-state index >= 15 is 0 Å². The van der Waals surface area contributed by atoms with Gasteiger partial charge in [-0.3, -0.25) is 9.59 Å². The molecule has 1 heterocycles. The van der Waals surface area contributed by atoms with E-state index in [1.54, 1.807) is 0 Å². The molecule has 2 atom stereocenters. The Kier molecular flexibility index (Phi) is 4.32. The maximum atomic E-state index is 12.5. The van der Waals surface area contributed by atoms with E-state index in [1.807, 2.05) is 45.9 Å². The molecule has 0 spiro atoms. The van der Waals surface area contributed by atoms with Crippen LogP contribution in [0, 0.1) is 12.8 Å². The van der Waals surface area contributed by atoms with Crippen molar-refractivity contribution in [2.24, 2.45) is 5.92 Å². The number of methoxy groups -OCH3 is 1. The zero-order valence-corrected chi connectivity index (χ0v) is 13.1. The molecular formula is C16H22N2O3. The van der Waals surface area contributed by atoms with Crippen LogP contribution in [0.1, 0.15) is 37.8 Å². The number of carbonyl (C=O) groups excluding carboxylic acids is 2.